The molecule has 2 fully saturated rings. The minimum absolute atomic E-state index is 0.720. The molecular formula is C16H26N2S. The Balaban J connectivity index is 1.53. The fourth-order valence-corrected chi connectivity index (χ4v) is 3.94. The van der Waals surface area contributed by atoms with Gasteiger partial charge in [0.1, 0.15) is 0 Å². The lowest BCUT2D eigenvalue weighted by Crippen LogP contribution is -2.49. The minimum atomic E-state index is 0.720. The first-order chi connectivity index (χ1) is 9.33. The van der Waals surface area contributed by atoms with E-state index in [-0.39, 0.29) is 0 Å². The third-order valence-corrected chi connectivity index (χ3v) is 5.29. The van der Waals surface area contributed by atoms with Gasteiger partial charge in [-0.15, -0.1) is 0 Å². The first-order valence-corrected chi connectivity index (χ1v) is 8.74. The van der Waals surface area contributed by atoms with Gasteiger partial charge >= 0.3 is 0 Å². The Morgan fingerprint density at radius 3 is 2.89 bits per heavy atom. The number of likely N-dealkylation sites (tertiary alicyclic amines) is 1. The molecule has 2 atom stereocenters. The zero-order valence-electron chi connectivity index (χ0n) is 12.0. The van der Waals surface area contributed by atoms with Crippen LogP contribution in [0, 0.1) is 11.8 Å². The Morgan fingerprint density at radius 2 is 2.21 bits per heavy atom. The largest absolute Gasteiger partial charge is 0.312 e. The Morgan fingerprint density at radius 1 is 1.32 bits per heavy atom. The predicted molar refractivity (Wildman–Crippen MR) is 82.8 cm³/mol. The number of rotatable bonds is 6. The van der Waals surface area contributed by atoms with Crippen LogP contribution in [0.3, 0.4) is 0 Å². The van der Waals surface area contributed by atoms with E-state index in [1.807, 2.05) is 11.3 Å². The van der Waals surface area contributed by atoms with Gasteiger partial charge < -0.3 is 10.2 Å². The SMILES string of the molecule is CCN1CC(Cc2ccsc2)CC(NCC2CC2)C1. The molecule has 106 valence electrons. The second kappa shape index (κ2) is 6.38. The van der Waals surface area contributed by atoms with Gasteiger partial charge in [-0.05, 0) is 73.0 Å². The van der Waals surface area contributed by atoms with Gasteiger partial charge in [0, 0.05) is 19.1 Å². The number of nitrogens with one attached hydrogen (secondary N) is 1. The van der Waals surface area contributed by atoms with E-state index in [1.54, 1.807) is 0 Å². The zero-order valence-corrected chi connectivity index (χ0v) is 12.8. The molecule has 0 spiro atoms. The molecule has 19 heavy (non-hydrogen) atoms. The smallest absolute Gasteiger partial charge is 0.0198 e. The van der Waals surface area contributed by atoms with Crippen molar-refractivity contribution in [2.24, 2.45) is 11.8 Å². The van der Waals surface area contributed by atoms with Crippen molar-refractivity contribution in [1.82, 2.24) is 10.2 Å². The van der Waals surface area contributed by atoms with Gasteiger partial charge in [0.15, 0.2) is 0 Å². The van der Waals surface area contributed by atoms with Crippen LogP contribution >= 0.6 is 11.3 Å². The molecule has 2 heterocycles. The van der Waals surface area contributed by atoms with Crippen LogP contribution in [0.2, 0.25) is 0 Å². The second-order valence-corrected chi connectivity index (χ2v) is 7.12. The number of hydrogen-bond donors (Lipinski definition) is 1. The summed E-state index contributed by atoms with van der Waals surface area (Å²) >= 11 is 1.83. The third kappa shape index (κ3) is 4.04. The summed E-state index contributed by atoms with van der Waals surface area (Å²) in [5.74, 6) is 1.83. The van der Waals surface area contributed by atoms with Gasteiger partial charge in [-0.2, -0.15) is 11.3 Å². The number of nitrogens with zero attached hydrogens (tertiary/aromatic N) is 1. The summed E-state index contributed by atoms with van der Waals surface area (Å²) in [6.07, 6.45) is 5.53. The van der Waals surface area contributed by atoms with Crippen LogP contribution < -0.4 is 5.32 Å². The molecule has 1 aliphatic carbocycles. The number of hydrogen-bond acceptors (Lipinski definition) is 3. The second-order valence-electron chi connectivity index (χ2n) is 6.34. The highest BCUT2D eigenvalue weighted by Gasteiger charge is 2.28. The van der Waals surface area contributed by atoms with Crippen molar-refractivity contribution in [2.45, 2.75) is 38.6 Å². The van der Waals surface area contributed by atoms with Crippen molar-refractivity contribution >= 4 is 11.3 Å². The minimum Gasteiger partial charge on any atom is -0.312 e. The molecule has 1 aromatic heterocycles. The summed E-state index contributed by atoms with van der Waals surface area (Å²) in [5.41, 5.74) is 1.54. The molecule has 2 nitrogen and oxygen atoms in total. The Kier molecular flexibility index (Phi) is 4.57. The van der Waals surface area contributed by atoms with Gasteiger partial charge in [0.05, 0.1) is 0 Å². The van der Waals surface area contributed by atoms with E-state index in [0.717, 1.165) is 17.9 Å². The van der Waals surface area contributed by atoms with Gasteiger partial charge in [-0.25, -0.2) is 0 Å². The molecule has 2 unspecified atom stereocenters. The molecule has 0 bridgehead atoms. The molecule has 1 aliphatic heterocycles. The van der Waals surface area contributed by atoms with E-state index in [2.05, 4.69) is 34.0 Å². The topological polar surface area (TPSA) is 15.3 Å². The van der Waals surface area contributed by atoms with Crippen LogP contribution in [-0.2, 0) is 6.42 Å². The van der Waals surface area contributed by atoms with Crippen molar-refractivity contribution in [3.63, 3.8) is 0 Å². The lowest BCUT2D eigenvalue weighted by molar-refractivity contribution is 0.146. The van der Waals surface area contributed by atoms with Crippen LogP contribution in [0.15, 0.2) is 16.8 Å². The van der Waals surface area contributed by atoms with Crippen molar-refractivity contribution in [3.05, 3.63) is 22.4 Å². The van der Waals surface area contributed by atoms with Crippen molar-refractivity contribution in [1.29, 1.82) is 0 Å². The standard InChI is InChI=1S/C16H26N2S/c1-2-18-10-15(7-14-5-6-19-12-14)8-16(11-18)17-9-13-3-4-13/h5-6,12-13,15-17H,2-4,7-11H2,1H3. The number of likely N-dealkylation sites (N-methyl/N-ethyl adjacent to an activating group) is 1. The van der Waals surface area contributed by atoms with Crippen LogP contribution in [0.5, 0.6) is 0 Å². The molecule has 2 aliphatic rings. The number of piperidine rings is 1. The maximum Gasteiger partial charge on any atom is 0.0198 e. The van der Waals surface area contributed by atoms with Gasteiger partial charge in [0.25, 0.3) is 0 Å². The van der Waals surface area contributed by atoms with E-state index in [4.69, 9.17) is 0 Å². The van der Waals surface area contributed by atoms with Gasteiger partial charge in [0.2, 0.25) is 0 Å². The van der Waals surface area contributed by atoms with E-state index >= 15 is 0 Å². The lowest BCUT2D eigenvalue weighted by atomic mass is 9.89. The molecule has 3 heteroatoms. The van der Waals surface area contributed by atoms with Crippen LogP contribution in [0.1, 0.15) is 31.7 Å². The van der Waals surface area contributed by atoms with E-state index in [0.29, 0.717) is 0 Å². The molecular weight excluding hydrogens is 252 g/mol. The zero-order chi connectivity index (χ0) is 13.1. The summed E-state index contributed by atoms with van der Waals surface area (Å²) in [7, 11) is 0. The Bertz CT molecular complexity index is 372. The molecule has 0 amide bonds. The quantitative estimate of drug-likeness (QED) is 0.860. The lowest BCUT2D eigenvalue weighted by Gasteiger charge is -2.38. The highest BCUT2D eigenvalue weighted by molar-refractivity contribution is 7.07. The molecule has 3 rings (SSSR count). The third-order valence-electron chi connectivity index (χ3n) is 4.56. The maximum absolute atomic E-state index is 3.82. The number of thiophene rings is 1. The average Bonchev–Trinajstić information content (AvgIpc) is 3.13. The van der Waals surface area contributed by atoms with Crippen LogP contribution in [0.4, 0.5) is 0 Å². The highest BCUT2D eigenvalue weighted by atomic mass is 32.1. The predicted octanol–water partition coefficient (Wildman–Crippen LogP) is 3.00. The average molecular weight is 278 g/mol. The van der Waals surface area contributed by atoms with E-state index in [1.165, 1.54) is 57.4 Å². The molecule has 1 saturated carbocycles. The van der Waals surface area contributed by atoms with Crippen molar-refractivity contribution < 1.29 is 0 Å². The maximum atomic E-state index is 3.82. The summed E-state index contributed by atoms with van der Waals surface area (Å²) in [4.78, 5) is 2.63. The normalized spacial score (nSPS) is 28.7. The summed E-state index contributed by atoms with van der Waals surface area (Å²) in [6, 6.07) is 3.01. The summed E-state index contributed by atoms with van der Waals surface area (Å²) in [6.45, 7) is 7.29. The van der Waals surface area contributed by atoms with Crippen LogP contribution in [-0.4, -0.2) is 37.1 Å². The fraction of sp³-hybridized carbons (Fsp3) is 0.750. The van der Waals surface area contributed by atoms with Crippen LogP contribution in [0.25, 0.3) is 0 Å². The van der Waals surface area contributed by atoms with E-state index in [9.17, 15) is 0 Å². The molecule has 0 aromatic carbocycles. The fourth-order valence-electron chi connectivity index (χ4n) is 3.25. The van der Waals surface area contributed by atoms with Gasteiger partial charge in [-0.1, -0.05) is 6.92 Å². The Labute approximate surface area is 121 Å². The highest BCUT2D eigenvalue weighted by Crippen LogP contribution is 2.28. The van der Waals surface area contributed by atoms with Crippen molar-refractivity contribution in [2.75, 3.05) is 26.2 Å². The summed E-state index contributed by atoms with van der Waals surface area (Å²) < 4.78 is 0. The van der Waals surface area contributed by atoms with Crippen molar-refractivity contribution in [3.8, 4) is 0 Å². The summed E-state index contributed by atoms with van der Waals surface area (Å²) in [5, 5.41) is 8.34. The Hall–Kier alpha value is -0.380. The first kappa shape index (κ1) is 13.6. The monoisotopic (exact) mass is 278 g/mol. The molecule has 1 aromatic rings. The van der Waals surface area contributed by atoms with E-state index < -0.39 is 0 Å². The first-order valence-electron chi connectivity index (χ1n) is 7.80. The van der Waals surface area contributed by atoms with Gasteiger partial charge in [-0.3, -0.25) is 0 Å². The molecule has 1 saturated heterocycles. The molecule has 1 N–H and O–H groups in total. The molecule has 0 radical (unpaired) electrons.